The predicted molar refractivity (Wildman–Crippen MR) is 127 cm³/mol. The van der Waals surface area contributed by atoms with Crippen molar-refractivity contribution in [2.75, 3.05) is 16.8 Å². The van der Waals surface area contributed by atoms with Gasteiger partial charge in [0, 0.05) is 24.8 Å². The Morgan fingerprint density at radius 3 is 2.71 bits per heavy atom. The van der Waals surface area contributed by atoms with Gasteiger partial charge in [-0.1, -0.05) is 6.92 Å². The first kappa shape index (κ1) is 25.0. The lowest BCUT2D eigenvalue weighted by atomic mass is 9.60. The molecule has 3 aromatic rings. The number of likely N-dealkylation sites (tertiary alicyclic amines) is 1. The maximum atomic E-state index is 14.2. The molecule has 1 aromatic carbocycles. The third-order valence-corrected chi connectivity index (χ3v) is 5.77. The number of carbonyl (C=O) groups excluding carboxylic acids is 1. The first-order chi connectivity index (χ1) is 16.4. The van der Waals surface area contributed by atoms with Crippen LogP contribution < -0.4 is 10.2 Å². The van der Waals surface area contributed by atoms with Gasteiger partial charge in [-0.15, -0.1) is 0 Å². The number of halogens is 2. The largest absolute Gasteiger partial charge is 0.389 e. The lowest BCUT2D eigenvalue weighted by Crippen LogP contribution is -2.61. The maximum Gasteiger partial charge on any atom is 0.322 e. The number of aliphatic hydroxyl groups excluding tert-OH is 1. The van der Waals surface area contributed by atoms with E-state index in [1.165, 1.54) is 10.7 Å². The molecule has 1 aliphatic rings. The zero-order valence-electron chi connectivity index (χ0n) is 18.9. The van der Waals surface area contributed by atoms with Crippen molar-refractivity contribution in [1.82, 2.24) is 19.5 Å². The summed E-state index contributed by atoms with van der Waals surface area (Å²) in [6.45, 7) is 2.48. The highest BCUT2D eigenvalue weighted by atomic mass is 19.1. The van der Waals surface area contributed by atoms with E-state index in [1.54, 1.807) is 17.2 Å². The lowest BCUT2D eigenvalue weighted by molar-refractivity contribution is -0.0567. The topological polar surface area (TPSA) is 106 Å². The molecule has 0 saturated carbocycles. The Labute approximate surface area is 204 Å². The van der Waals surface area contributed by atoms with E-state index in [-0.39, 0.29) is 29.9 Å². The number of benzene rings is 1. The molecule has 35 heavy (non-hydrogen) atoms. The van der Waals surface area contributed by atoms with Crippen LogP contribution >= 0.6 is 0 Å². The van der Waals surface area contributed by atoms with E-state index >= 15 is 0 Å². The number of rotatable bonds is 6. The van der Waals surface area contributed by atoms with Gasteiger partial charge in [0.15, 0.2) is 5.65 Å². The molecule has 2 atom stereocenters. The Bertz CT molecular complexity index is 1260. The third kappa shape index (κ3) is 4.72. The number of carbonyl (C=O) groups is 1. The number of hydrogen-bond acceptors (Lipinski definition) is 6. The summed E-state index contributed by atoms with van der Waals surface area (Å²) in [5, 5.41) is 25.1. The summed E-state index contributed by atoms with van der Waals surface area (Å²) >= 11 is 0. The van der Waals surface area contributed by atoms with Gasteiger partial charge in [0.25, 0.3) is 0 Å². The number of nitrogens with one attached hydrogen (secondary N) is 1. The smallest absolute Gasteiger partial charge is 0.322 e. The first-order valence-corrected chi connectivity index (χ1v) is 10.9. The minimum absolute atomic E-state index is 0.0607. The van der Waals surface area contributed by atoms with Crippen molar-refractivity contribution in [2.45, 2.75) is 43.4 Å². The van der Waals surface area contributed by atoms with Crippen molar-refractivity contribution in [3.05, 3.63) is 53.9 Å². The average Bonchev–Trinajstić information content (AvgIpc) is 3.23. The van der Waals surface area contributed by atoms with Gasteiger partial charge in [-0.2, -0.15) is 5.10 Å². The normalized spacial score (nSPS) is 21.4. The molecule has 9 nitrogen and oxygen atoms in total. The van der Waals surface area contributed by atoms with Gasteiger partial charge < -0.3 is 25.3 Å². The summed E-state index contributed by atoms with van der Waals surface area (Å²) in [4.78, 5) is 19.8. The van der Waals surface area contributed by atoms with Crippen LogP contribution in [0.4, 0.5) is 25.1 Å². The molecular weight excluding hydrogens is 455 g/mol. The molecule has 3 N–H and O–H groups in total. The number of aromatic nitrogens is 3. The molecule has 1 aliphatic heterocycles. The van der Waals surface area contributed by atoms with Gasteiger partial charge in [0.05, 0.1) is 28.0 Å². The molecule has 2 amide bonds. The van der Waals surface area contributed by atoms with E-state index in [4.69, 9.17) is 23.5 Å². The van der Waals surface area contributed by atoms with Crippen LogP contribution in [-0.2, 0) is 6.54 Å². The van der Waals surface area contributed by atoms with Crippen LogP contribution in [0.5, 0.6) is 0 Å². The highest BCUT2D eigenvalue weighted by Gasteiger charge is 2.53. The molecule has 6 radical (unpaired) electrons. The highest BCUT2D eigenvalue weighted by molar-refractivity contribution is 6.42. The van der Waals surface area contributed by atoms with Gasteiger partial charge in [-0.25, -0.2) is 23.1 Å². The van der Waals surface area contributed by atoms with Crippen LogP contribution in [0.15, 0.2) is 36.7 Å². The van der Waals surface area contributed by atoms with Crippen molar-refractivity contribution in [3.8, 4) is 0 Å². The second-order valence-electron chi connectivity index (χ2n) is 8.53. The fourth-order valence-electron chi connectivity index (χ4n) is 4.09. The number of hydrogen-bond donors (Lipinski definition) is 3. The molecule has 176 valence electrons. The number of fused-ring (bicyclic) bond motifs is 1. The summed E-state index contributed by atoms with van der Waals surface area (Å²) in [5.74, 6) is -0.664. The third-order valence-electron chi connectivity index (χ3n) is 5.77. The van der Waals surface area contributed by atoms with Gasteiger partial charge in [0.1, 0.15) is 36.6 Å². The van der Waals surface area contributed by atoms with Crippen LogP contribution in [0.25, 0.3) is 5.65 Å². The highest BCUT2D eigenvalue weighted by Crippen LogP contribution is 2.35. The molecule has 2 unspecified atom stereocenters. The summed E-state index contributed by atoms with van der Waals surface area (Å²) in [6, 6.07) is 3.92. The number of amides is 2. The number of anilines is 2. The molecule has 0 bridgehead atoms. The van der Waals surface area contributed by atoms with Gasteiger partial charge in [0.2, 0.25) is 0 Å². The molecule has 3 heterocycles. The number of aliphatic hydroxyl groups is 2. The molecule has 14 heteroatoms. The van der Waals surface area contributed by atoms with Crippen LogP contribution in [0.2, 0.25) is 0 Å². The summed E-state index contributed by atoms with van der Waals surface area (Å²) in [5.41, 5.74) is -1.98. The fraction of sp³-hybridized carbons (Fsp3) is 0.381. The molecule has 2 aromatic heterocycles. The zero-order chi connectivity index (χ0) is 25.5. The summed E-state index contributed by atoms with van der Waals surface area (Å²) < 4.78 is 29.3. The second-order valence-corrected chi connectivity index (χ2v) is 8.53. The minimum atomic E-state index is -2.50. The predicted octanol–water partition coefficient (Wildman–Crippen LogP) is 0.828. The molecule has 0 aliphatic carbocycles. The Hall–Kier alpha value is -3.12. The van der Waals surface area contributed by atoms with Crippen molar-refractivity contribution in [1.29, 1.82) is 0 Å². The van der Waals surface area contributed by atoms with Crippen LogP contribution in [0, 0.1) is 11.6 Å². The van der Waals surface area contributed by atoms with E-state index < -0.39 is 34.7 Å². The quantitative estimate of drug-likeness (QED) is 0.456. The maximum absolute atomic E-state index is 14.2. The van der Waals surface area contributed by atoms with Gasteiger partial charge in [-0.3, -0.25) is 0 Å². The molecular formula is C21H21B3F2N6O3. The number of nitrogens with zero attached hydrogens (tertiary/aromatic N) is 5. The summed E-state index contributed by atoms with van der Waals surface area (Å²) in [6.07, 6.45) is 1.69. The standard InChI is InChI=1S/C21H21B3F2N6O3/c1-2-6-30(11-12-8-13(25)3-4-14(12)26)17-5-7-31-18(29-17)15(10-27-31)28-19(34)32-20(22,23)9-16(33)21(32,24)35/h3-5,7-8,10,16,33,35H,2,6,9,11H2,1H3,(H,28,34). The van der Waals surface area contributed by atoms with Crippen molar-refractivity contribution >= 4 is 46.7 Å². The second kappa shape index (κ2) is 9.16. The fourth-order valence-corrected chi connectivity index (χ4v) is 4.09. The Balaban J connectivity index is 1.64. The Morgan fingerprint density at radius 2 is 2.06 bits per heavy atom. The SMILES string of the molecule is [B]C1([B])CC(O)C([B])(O)N1C(=O)Nc1cnn2ccc(N(CCC)Cc3cc(F)ccc3F)nc12. The van der Waals surface area contributed by atoms with E-state index in [1.807, 2.05) is 6.92 Å². The lowest BCUT2D eigenvalue weighted by Gasteiger charge is -2.40. The van der Waals surface area contributed by atoms with E-state index in [0.717, 1.165) is 18.2 Å². The molecule has 4 rings (SSSR count). The van der Waals surface area contributed by atoms with Crippen LogP contribution in [-0.4, -0.2) is 82.9 Å². The molecule has 1 saturated heterocycles. The van der Waals surface area contributed by atoms with E-state index in [0.29, 0.717) is 23.7 Å². The van der Waals surface area contributed by atoms with Crippen molar-refractivity contribution in [2.24, 2.45) is 0 Å². The van der Waals surface area contributed by atoms with E-state index in [9.17, 15) is 23.8 Å². The van der Waals surface area contributed by atoms with Crippen molar-refractivity contribution in [3.63, 3.8) is 0 Å². The monoisotopic (exact) mass is 476 g/mol. The molecule has 1 fully saturated rings. The van der Waals surface area contributed by atoms with Crippen LogP contribution in [0.1, 0.15) is 25.3 Å². The van der Waals surface area contributed by atoms with Crippen molar-refractivity contribution < 1.29 is 23.8 Å². The molecule has 0 spiro atoms. The number of urea groups is 1. The minimum Gasteiger partial charge on any atom is -0.389 e. The van der Waals surface area contributed by atoms with E-state index in [2.05, 4.69) is 15.4 Å². The average molecular weight is 476 g/mol. The van der Waals surface area contributed by atoms with Gasteiger partial charge >= 0.3 is 6.03 Å². The first-order valence-electron chi connectivity index (χ1n) is 10.9. The van der Waals surface area contributed by atoms with Crippen LogP contribution in [0.3, 0.4) is 0 Å². The zero-order valence-corrected chi connectivity index (χ0v) is 18.9. The Morgan fingerprint density at radius 1 is 1.31 bits per heavy atom. The summed E-state index contributed by atoms with van der Waals surface area (Å²) in [7, 11) is 17.4. The Kier molecular flexibility index (Phi) is 6.54. The van der Waals surface area contributed by atoms with Gasteiger partial charge in [-0.05, 0) is 42.4 Å².